The van der Waals surface area contributed by atoms with E-state index in [2.05, 4.69) is 15.9 Å². The van der Waals surface area contributed by atoms with Crippen LogP contribution in [0.3, 0.4) is 0 Å². The molecule has 4 nitrogen and oxygen atoms in total. The van der Waals surface area contributed by atoms with Crippen LogP contribution in [0.5, 0.6) is 0 Å². The monoisotopic (exact) mass is 352 g/mol. The first-order valence-corrected chi connectivity index (χ1v) is 7.90. The minimum absolute atomic E-state index is 0.293. The van der Waals surface area contributed by atoms with Crippen LogP contribution in [0.1, 0.15) is 15.9 Å². The van der Waals surface area contributed by atoms with Crippen molar-refractivity contribution in [3.63, 3.8) is 0 Å². The normalized spacial score (nSPS) is 12.1. The maximum Gasteiger partial charge on any atom is 0.248 e. The summed E-state index contributed by atoms with van der Waals surface area (Å²) in [6.45, 7) is 0. The summed E-state index contributed by atoms with van der Waals surface area (Å²) < 4.78 is 13.2. The summed E-state index contributed by atoms with van der Waals surface area (Å²) in [5, 5.41) is 0. The molecule has 0 bridgehead atoms. The number of anilines is 1. The van der Waals surface area contributed by atoms with Crippen LogP contribution in [0.4, 0.5) is 5.69 Å². The van der Waals surface area contributed by atoms with E-state index in [9.17, 15) is 9.00 Å². The van der Waals surface area contributed by atoms with Gasteiger partial charge < -0.3 is 11.5 Å². The van der Waals surface area contributed by atoms with Gasteiger partial charge in [0.25, 0.3) is 0 Å². The Morgan fingerprint density at radius 1 is 1.20 bits per heavy atom. The molecule has 0 saturated carbocycles. The van der Waals surface area contributed by atoms with Crippen molar-refractivity contribution in [3.8, 4) is 0 Å². The van der Waals surface area contributed by atoms with Gasteiger partial charge in [-0.1, -0.05) is 28.1 Å². The van der Waals surface area contributed by atoms with E-state index in [1.54, 1.807) is 18.2 Å². The van der Waals surface area contributed by atoms with Gasteiger partial charge in [0, 0.05) is 20.6 Å². The molecule has 6 heteroatoms. The number of halogens is 1. The smallest absolute Gasteiger partial charge is 0.248 e. The van der Waals surface area contributed by atoms with Gasteiger partial charge in [0.2, 0.25) is 5.91 Å². The van der Waals surface area contributed by atoms with Crippen molar-refractivity contribution < 1.29 is 9.00 Å². The number of hydrogen-bond donors (Lipinski definition) is 2. The van der Waals surface area contributed by atoms with Crippen molar-refractivity contribution in [2.45, 2.75) is 10.6 Å². The largest absolute Gasteiger partial charge is 0.398 e. The van der Waals surface area contributed by atoms with E-state index in [1.807, 2.05) is 18.2 Å². The van der Waals surface area contributed by atoms with Crippen molar-refractivity contribution >= 4 is 38.3 Å². The van der Waals surface area contributed by atoms with Crippen LogP contribution in [0, 0.1) is 0 Å². The summed E-state index contributed by atoms with van der Waals surface area (Å²) in [5.41, 5.74) is 12.5. The second-order valence-electron chi connectivity index (χ2n) is 4.23. The van der Waals surface area contributed by atoms with E-state index in [-0.39, 0.29) is 0 Å². The highest BCUT2D eigenvalue weighted by molar-refractivity contribution is 9.10. The minimum Gasteiger partial charge on any atom is -0.398 e. The van der Waals surface area contributed by atoms with Gasteiger partial charge in [-0.25, -0.2) is 0 Å². The van der Waals surface area contributed by atoms with Crippen molar-refractivity contribution in [2.75, 3.05) is 5.73 Å². The van der Waals surface area contributed by atoms with E-state index >= 15 is 0 Å². The number of amides is 1. The predicted octanol–water partition coefficient (Wildman–Crippen LogP) is 2.44. The molecule has 0 aliphatic heterocycles. The van der Waals surface area contributed by atoms with Crippen molar-refractivity contribution in [2.24, 2.45) is 5.73 Å². The fourth-order valence-electron chi connectivity index (χ4n) is 1.71. The molecule has 20 heavy (non-hydrogen) atoms. The Morgan fingerprint density at radius 2 is 1.95 bits per heavy atom. The van der Waals surface area contributed by atoms with Gasteiger partial charge in [0.05, 0.1) is 16.6 Å². The van der Waals surface area contributed by atoms with Gasteiger partial charge in [-0.15, -0.1) is 0 Å². The highest BCUT2D eigenvalue weighted by atomic mass is 79.9. The average Bonchev–Trinajstić information content (AvgIpc) is 2.40. The third kappa shape index (κ3) is 3.46. The maximum atomic E-state index is 12.3. The molecule has 0 aromatic heterocycles. The quantitative estimate of drug-likeness (QED) is 0.828. The number of carbonyl (C=O) groups excluding carboxylic acids is 1. The number of nitrogens with two attached hydrogens (primary N) is 2. The number of primary amides is 1. The second kappa shape index (κ2) is 6.19. The number of nitrogen functional groups attached to an aromatic ring is 1. The fraction of sp³-hybridized carbons (Fsp3) is 0.0714. The number of benzene rings is 2. The summed E-state index contributed by atoms with van der Waals surface area (Å²) in [5.74, 6) is -0.238. The molecule has 4 N–H and O–H groups in total. The Bertz CT molecular complexity index is 689. The van der Waals surface area contributed by atoms with Crippen molar-refractivity contribution in [1.29, 1.82) is 0 Å². The molecule has 1 amide bonds. The van der Waals surface area contributed by atoms with Crippen LogP contribution in [0.25, 0.3) is 0 Å². The molecule has 0 fully saturated rings. The summed E-state index contributed by atoms with van der Waals surface area (Å²) >= 11 is 3.35. The lowest BCUT2D eigenvalue weighted by atomic mass is 10.1. The summed E-state index contributed by atoms with van der Waals surface area (Å²) in [7, 11) is -1.20. The lowest BCUT2D eigenvalue weighted by Crippen LogP contribution is -2.12. The molecule has 0 saturated heterocycles. The van der Waals surface area contributed by atoms with E-state index in [0.29, 0.717) is 17.0 Å². The standard InChI is InChI=1S/C14H13BrN2O2S/c15-11-2-1-3-12(7-11)20(19)8-10-5-4-9(14(17)18)6-13(10)16/h1-7H,8,16H2,(H2,17,18). The molecule has 1 atom stereocenters. The fourth-order valence-corrected chi connectivity index (χ4v) is 3.46. The van der Waals surface area contributed by atoms with Gasteiger partial charge in [-0.3, -0.25) is 9.00 Å². The van der Waals surface area contributed by atoms with Crippen molar-refractivity contribution in [1.82, 2.24) is 0 Å². The highest BCUT2D eigenvalue weighted by Gasteiger charge is 2.10. The Labute approximate surface area is 127 Å². The van der Waals surface area contributed by atoms with E-state index in [4.69, 9.17) is 11.5 Å². The van der Waals surface area contributed by atoms with Crippen LogP contribution in [0.2, 0.25) is 0 Å². The van der Waals surface area contributed by atoms with Crippen LogP contribution in [-0.2, 0) is 16.6 Å². The zero-order valence-corrected chi connectivity index (χ0v) is 12.9. The van der Waals surface area contributed by atoms with E-state index in [0.717, 1.165) is 14.9 Å². The Hall–Kier alpha value is -1.66. The third-order valence-electron chi connectivity index (χ3n) is 2.78. The Kier molecular flexibility index (Phi) is 4.57. The first-order valence-electron chi connectivity index (χ1n) is 5.79. The minimum atomic E-state index is -1.20. The second-order valence-corrected chi connectivity index (χ2v) is 6.59. The molecule has 2 aromatic carbocycles. The SMILES string of the molecule is NC(=O)c1ccc(CS(=O)c2cccc(Br)c2)c(N)c1. The zero-order chi connectivity index (χ0) is 14.7. The van der Waals surface area contributed by atoms with Gasteiger partial charge >= 0.3 is 0 Å². The van der Waals surface area contributed by atoms with E-state index in [1.165, 1.54) is 6.07 Å². The molecule has 0 aliphatic carbocycles. The molecular weight excluding hydrogens is 340 g/mol. The molecule has 2 aromatic rings. The summed E-state index contributed by atoms with van der Waals surface area (Å²) in [6, 6.07) is 12.1. The van der Waals surface area contributed by atoms with Gasteiger partial charge in [-0.05, 0) is 35.9 Å². The summed E-state index contributed by atoms with van der Waals surface area (Å²) in [6.07, 6.45) is 0. The van der Waals surface area contributed by atoms with E-state index < -0.39 is 16.7 Å². The van der Waals surface area contributed by atoms with Crippen LogP contribution in [-0.4, -0.2) is 10.1 Å². The predicted molar refractivity (Wildman–Crippen MR) is 83.6 cm³/mol. The van der Waals surface area contributed by atoms with Crippen LogP contribution < -0.4 is 11.5 Å². The lowest BCUT2D eigenvalue weighted by molar-refractivity contribution is 0.100. The number of carbonyl (C=O) groups is 1. The zero-order valence-electron chi connectivity index (χ0n) is 10.5. The Balaban J connectivity index is 2.22. The molecular formula is C14H13BrN2O2S. The molecule has 0 radical (unpaired) electrons. The maximum absolute atomic E-state index is 12.3. The third-order valence-corrected chi connectivity index (χ3v) is 4.62. The van der Waals surface area contributed by atoms with Gasteiger partial charge in [-0.2, -0.15) is 0 Å². The first-order chi connectivity index (χ1) is 9.47. The topological polar surface area (TPSA) is 86.2 Å². The number of hydrogen-bond acceptors (Lipinski definition) is 3. The van der Waals surface area contributed by atoms with Crippen LogP contribution >= 0.6 is 15.9 Å². The molecule has 104 valence electrons. The lowest BCUT2D eigenvalue weighted by Gasteiger charge is -2.07. The molecule has 0 aliphatic rings. The summed E-state index contributed by atoms with van der Waals surface area (Å²) in [4.78, 5) is 11.8. The molecule has 2 rings (SSSR count). The Morgan fingerprint density at radius 3 is 2.55 bits per heavy atom. The number of rotatable bonds is 4. The molecule has 0 spiro atoms. The average molecular weight is 353 g/mol. The molecule has 0 heterocycles. The highest BCUT2D eigenvalue weighted by Crippen LogP contribution is 2.21. The van der Waals surface area contributed by atoms with Gasteiger partial charge in [0.1, 0.15) is 0 Å². The van der Waals surface area contributed by atoms with Crippen LogP contribution in [0.15, 0.2) is 51.8 Å². The molecule has 1 unspecified atom stereocenters. The van der Waals surface area contributed by atoms with Gasteiger partial charge in [0.15, 0.2) is 0 Å². The first kappa shape index (κ1) is 14.7. The van der Waals surface area contributed by atoms with Crippen molar-refractivity contribution in [3.05, 3.63) is 58.1 Å².